The third-order valence-electron chi connectivity index (χ3n) is 2.48. The predicted octanol–water partition coefficient (Wildman–Crippen LogP) is 1.23. The van der Waals surface area contributed by atoms with E-state index in [1.54, 1.807) is 11.8 Å². The van der Waals surface area contributed by atoms with E-state index in [0.29, 0.717) is 31.5 Å². The summed E-state index contributed by atoms with van der Waals surface area (Å²) in [6, 6.07) is 0.521. The molecule has 0 unspecified atom stereocenters. The molecule has 4 nitrogen and oxygen atoms in total. The van der Waals surface area contributed by atoms with Crippen LogP contribution in [0.2, 0.25) is 0 Å². The second kappa shape index (κ2) is 6.78. The molecule has 0 aliphatic carbocycles. The SMILES string of the molecule is CCNC(=O)CCN=C1N[C@@H](C(C)C)CS1. The van der Waals surface area contributed by atoms with Crippen LogP contribution in [-0.2, 0) is 4.79 Å². The molecule has 0 bridgehead atoms. The second-order valence-electron chi connectivity index (χ2n) is 4.20. The normalized spacial score (nSPS) is 22.5. The van der Waals surface area contributed by atoms with Gasteiger partial charge in [0.1, 0.15) is 0 Å². The Balaban J connectivity index is 2.24. The Morgan fingerprint density at radius 1 is 1.69 bits per heavy atom. The first-order valence-electron chi connectivity index (χ1n) is 5.84. The molecule has 16 heavy (non-hydrogen) atoms. The number of amides is 1. The summed E-state index contributed by atoms with van der Waals surface area (Å²) in [4.78, 5) is 15.6. The fourth-order valence-electron chi connectivity index (χ4n) is 1.41. The van der Waals surface area contributed by atoms with Crippen molar-refractivity contribution in [3.05, 3.63) is 0 Å². The fourth-order valence-corrected chi connectivity index (χ4v) is 2.63. The number of hydrogen-bond acceptors (Lipinski definition) is 3. The minimum atomic E-state index is 0.0789. The molecule has 1 atom stereocenters. The van der Waals surface area contributed by atoms with Crippen LogP contribution in [0.5, 0.6) is 0 Å². The number of nitrogens with zero attached hydrogens (tertiary/aromatic N) is 1. The van der Waals surface area contributed by atoms with Gasteiger partial charge in [-0.25, -0.2) is 0 Å². The van der Waals surface area contributed by atoms with Crippen LogP contribution < -0.4 is 10.6 Å². The maximum Gasteiger partial charge on any atom is 0.221 e. The molecular formula is C11H21N3OS. The maximum absolute atomic E-state index is 11.2. The summed E-state index contributed by atoms with van der Waals surface area (Å²) >= 11 is 1.75. The summed E-state index contributed by atoms with van der Waals surface area (Å²) in [5.41, 5.74) is 0. The van der Waals surface area contributed by atoms with Crippen LogP contribution in [-0.4, -0.2) is 36.0 Å². The van der Waals surface area contributed by atoms with E-state index in [0.717, 1.165) is 10.9 Å². The molecule has 0 aromatic rings. The lowest BCUT2D eigenvalue weighted by Gasteiger charge is -2.12. The van der Waals surface area contributed by atoms with E-state index in [4.69, 9.17) is 0 Å². The van der Waals surface area contributed by atoms with Gasteiger partial charge in [-0.15, -0.1) is 0 Å². The van der Waals surface area contributed by atoms with Crippen LogP contribution in [0, 0.1) is 5.92 Å². The largest absolute Gasteiger partial charge is 0.361 e. The highest BCUT2D eigenvalue weighted by Gasteiger charge is 2.22. The van der Waals surface area contributed by atoms with Gasteiger partial charge in [-0.05, 0) is 12.8 Å². The van der Waals surface area contributed by atoms with Crippen molar-refractivity contribution in [2.24, 2.45) is 10.9 Å². The molecule has 1 rings (SSSR count). The number of carbonyl (C=O) groups excluding carboxylic acids is 1. The summed E-state index contributed by atoms with van der Waals surface area (Å²) in [5.74, 6) is 1.79. The molecule has 1 amide bonds. The van der Waals surface area contributed by atoms with Crippen LogP contribution in [0.15, 0.2) is 4.99 Å². The van der Waals surface area contributed by atoms with Crippen LogP contribution in [0.3, 0.4) is 0 Å². The highest BCUT2D eigenvalue weighted by atomic mass is 32.2. The molecule has 0 aromatic heterocycles. The Morgan fingerprint density at radius 3 is 3.00 bits per heavy atom. The zero-order valence-electron chi connectivity index (χ0n) is 10.2. The van der Waals surface area contributed by atoms with E-state index >= 15 is 0 Å². The Labute approximate surface area is 102 Å². The quantitative estimate of drug-likeness (QED) is 0.763. The monoisotopic (exact) mass is 243 g/mol. The van der Waals surface area contributed by atoms with Gasteiger partial charge in [-0.1, -0.05) is 25.6 Å². The van der Waals surface area contributed by atoms with Gasteiger partial charge in [-0.2, -0.15) is 0 Å². The van der Waals surface area contributed by atoms with Gasteiger partial charge < -0.3 is 10.6 Å². The van der Waals surface area contributed by atoms with Crippen molar-refractivity contribution in [2.75, 3.05) is 18.8 Å². The molecule has 1 heterocycles. The molecule has 2 N–H and O–H groups in total. The first-order valence-corrected chi connectivity index (χ1v) is 6.82. The van der Waals surface area contributed by atoms with Gasteiger partial charge in [0.15, 0.2) is 5.17 Å². The molecule has 1 aliphatic rings. The van der Waals surface area contributed by atoms with Crippen molar-refractivity contribution in [1.29, 1.82) is 0 Å². The highest BCUT2D eigenvalue weighted by molar-refractivity contribution is 8.14. The van der Waals surface area contributed by atoms with E-state index in [9.17, 15) is 4.79 Å². The van der Waals surface area contributed by atoms with Gasteiger partial charge in [-0.3, -0.25) is 9.79 Å². The molecule has 1 saturated heterocycles. The van der Waals surface area contributed by atoms with Crippen molar-refractivity contribution in [2.45, 2.75) is 33.2 Å². The molecule has 0 saturated carbocycles. The maximum atomic E-state index is 11.2. The summed E-state index contributed by atoms with van der Waals surface area (Å²) in [6.45, 7) is 7.60. The van der Waals surface area contributed by atoms with Crippen LogP contribution >= 0.6 is 11.8 Å². The number of hydrogen-bond donors (Lipinski definition) is 2. The minimum absolute atomic E-state index is 0.0789. The van der Waals surface area contributed by atoms with Gasteiger partial charge in [0.25, 0.3) is 0 Å². The Hall–Kier alpha value is -0.710. The average molecular weight is 243 g/mol. The van der Waals surface area contributed by atoms with Crippen LogP contribution in [0.1, 0.15) is 27.2 Å². The zero-order chi connectivity index (χ0) is 12.0. The standard InChI is InChI=1S/C11H21N3OS/c1-4-12-10(15)5-6-13-11-14-9(7-16-11)8(2)3/h8-9H,4-7H2,1-3H3,(H,12,15)(H,13,14)/t9-/m1/s1. The molecule has 92 valence electrons. The fraction of sp³-hybridized carbons (Fsp3) is 0.818. The third kappa shape index (κ3) is 4.43. The Bertz CT molecular complexity index is 266. The van der Waals surface area contributed by atoms with Gasteiger partial charge in [0.2, 0.25) is 5.91 Å². The lowest BCUT2D eigenvalue weighted by atomic mass is 10.1. The van der Waals surface area contributed by atoms with Crippen molar-refractivity contribution < 1.29 is 4.79 Å². The van der Waals surface area contributed by atoms with Gasteiger partial charge in [0, 0.05) is 24.8 Å². The number of carbonyl (C=O) groups is 1. The third-order valence-corrected chi connectivity index (χ3v) is 3.53. The number of amidine groups is 1. The Kier molecular flexibility index (Phi) is 5.66. The van der Waals surface area contributed by atoms with Crippen molar-refractivity contribution in [1.82, 2.24) is 10.6 Å². The number of nitrogens with one attached hydrogen (secondary N) is 2. The predicted molar refractivity (Wildman–Crippen MR) is 69.8 cm³/mol. The van der Waals surface area contributed by atoms with E-state index in [1.807, 2.05) is 6.92 Å². The van der Waals surface area contributed by atoms with E-state index < -0.39 is 0 Å². The van der Waals surface area contributed by atoms with E-state index in [2.05, 4.69) is 29.5 Å². The smallest absolute Gasteiger partial charge is 0.221 e. The van der Waals surface area contributed by atoms with Gasteiger partial charge >= 0.3 is 0 Å². The van der Waals surface area contributed by atoms with Crippen molar-refractivity contribution in [3.8, 4) is 0 Å². The van der Waals surface area contributed by atoms with E-state index in [1.165, 1.54) is 0 Å². The summed E-state index contributed by atoms with van der Waals surface area (Å²) in [5, 5.41) is 7.13. The zero-order valence-corrected chi connectivity index (χ0v) is 11.1. The van der Waals surface area contributed by atoms with Crippen LogP contribution in [0.25, 0.3) is 0 Å². The van der Waals surface area contributed by atoms with Crippen LogP contribution in [0.4, 0.5) is 0 Å². The molecule has 5 heteroatoms. The summed E-state index contributed by atoms with van der Waals surface area (Å²) in [6.07, 6.45) is 0.478. The lowest BCUT2D eigenvalue weighted by Crippen LogP contribution is -2.31. The van der Waals surface area contributed by atoms with Crippen molar-refractivity contribution >= 4 is 22.8 Å². The molecule has 0 radical (unpaired) electrons. The average Bonchev–Trinajstić information content (AvgIpc) is 2.67. The first-order chi connectivity index (χ1) is 7.63. The number of rotatable bonds is 5. The lowest BCUT2D eigenvalue weighted by molar-refractivity contribution is -0.120. The summed E-state index contributed by atoms with van der Waals surface area (Å²) < 4.78 is 0. The molecular weight excluding hydrogens is 222 g/mol. The highest BCUT2D eigenvalue weighted by Crippen LogP contribution is 2.18. The first kappa shape index (κ1) is 13.4. The topological polar surface area (TPSA) is 53.5 Å². The molecule has 1 fully saturated rings. The molecule has 0 spiro atoms. The Morgan fingerprint density at radius 2 is 2.44 bits per heavy atom. The van der Waals surface area contributed by atoms with Crippen molar-refractivity contribution in [3.63, 3.8) is 0 Å². The van der Waals surface area contributed by atoms with E-state index in [-0.39, 0.29) is 5.91 Å². The van der Waals surface area contributed by atoms with Gasteiger partial charge in [0.05, 0.1) is 6.54 Å². The minimum Gasteiger partial charge on any atom is -0.361 e. The number of thioether (sulfide) groups is 1. The molecule has 0 aromatic carbocycles. The summed E-state index contributed by atoms with van der Waals surface area (Å²) in [7, 11) is 0. The second-order valence-corrected chi connectivity index (χ2v) is 5.20. The molecule has 1 aliphatic heterocycles. The number of aliphatic imine (C=N–C) groups is 1.